The molecule has 7 heteroatoms. The van der Waals surface area contributed by atoms with E-state index in [2.05, 4.69) is 19.1 Å². The molecule has 0 saturated carbocycles. The lowest BCUT2D eigenvalue weighted by atomic mass is 10.0. The van der Waals surface area contributed by atoms with E-state index in [1.165, 1.54) is 70.6 Å². The number of rotatable bonds is 27. The first kappa shape index (κ1) is 37.1. The molecule has 0 aliphatic rings. The third kappa shape index (κ3) is 19.8. The first-order valence-corrected chi connectivity index (χ1v) is 15.7. The average molecular weight is 554 g/mol. The number of nitrogens with zero attached hydrogens (tertiary/aromatic N) is 1. The molecule has 0 heterocycles. The third-order valence-corrected chi connectivity index (χ3v) is 7.87. The average Bonchev–Trinajstić information content (AvgIpc) is 2.87. The summed E-state index contributed by atoms with van der Waals surface area (Å²) < 4.78 is 0.171. The molecule has 3 atom stereocenters. The van der Waals surface area contributed by atoms with E-state index in [4.69, 9.17) is 0 Å². The largest absolute Gasteiger partial charge is 0.550 e. The van der Waals surface area contributed by atoms with Crippen LogP contribution in [0.25, 0.3) is 0 Å². The Bertz CT molecular complexity index is 637. The Morgan fingerprint density at radius 1 is 0.615 bits per heavy atom. The second-order valence-electron chi connectivity index (χ2n) is 12.0. The van der Waals surface area contributed by atoms with Crippen LogP contribution in [-0.4, -0.2) is 58.8 Å². The van der Waals surface area contributed by atoms with Gasteiger partial charge < -0.3 is 24.6 Å². The maximum atomic E-state index is 11.6. The molecule has 0 aromatic rings. The van der Waals surface area contributed by atoms with Gasteiger partial charge in [0.2, 0.25) is 0 Å². The Morgan fingerprint density at radius 2 is 0.974 bits per heavy atom. The van der Waals surface area contributed by atoms with Crippen LogP contribution in [0, 0.1) is 17.8 Å². The summed E-state index contributed by atoms with van der Waals surface area (Å²) in [7, 11) is 0. The highest BCUT2D eigenvalue weighted by Crippen LogP contribution is 2.22. The molecule has 7 nitrogen and oxygen atoms in total. The molecule has 228 valence electrons. The molecule has 0 aliphatic heterocycles. The number of aliphatic carboxylic acids is 3. The Balaban J connectivity index is 4.43. The minimum Gasteiger partial charge on any atom is -0.550 e. The van der Waals surface area contributed by atoms with Crippen LogP contribution in [0.5, 0.6) is 0 Å². The van der Waals surface area contributed by atoms with Gasteiger partial charge in [0.1, 0.15) is 11.8 Å². The van der Waals surface area contributed by atoms with Gasteiger partial charge in [0.05, 0.1) is 26.2 Å². The van der Waals surface area contributed by atoms with Crippen LogP contribution in [0.3, 0.4) is 0 Å². The number of quaternary nitrogens is 1. The number of hydrogen-bond donors (Lipinski definition) is 2. The summed E-state index contributed by atoms with van der Waals surface area (Å²) in [6.45, 7) is 8.18. The normalized spacial score (nSPS) is 15.6. The Labute approximate surface area is 238 Å². The fraction of sp³-hybridized carbons (Fsp3) is 0.844. The zero-order valence-corrected chi connectivity index (χ0v) is 25.5. The van der Waals surface area contributed by atoms with Gasteiger partial charge in [-0.2, -0.15) is 0 Å². The Morgan fingerprint density at radius 3 is 1.36 bits per heavy atom. The van der Waals surface area contributed by atoms with Gasteiger partial charge in [-0.05, 0) is 52.4 Å². The van der Waals surface area contributed by atoms with E-state index in [-0.39, 0.29) is 24.1 Å². The lowest BCUT2D eigenvalue weighted by Crippen LogP contribution is -2.58. The summed E-state index contributed by atoms with van der Waals surface area (Å²) in [4.78, 5) is 34.7. The minimum atomic E-state index is -1.19. The number of unbranched alkanes of at least 4 members (excludes halogenated alkanes) is 14. The monoisotopic (exact) mass is 553 g/mol. The third-order valence-electron chi connectivity index (χ3n) is 7.87. The molecule has 0 fully saturated rings. The summed E-state index contributed by atoms with van der Waals surface area (Å²) in [6.07, 6.45) is 24.2. The van der Waals surface area contributed by atoms with Crippen LogP contribution in [0.2, 0.25) is 0 Å². The van der Waals surface area contributed by atoms with Gasteiger partial charge in [0.25, 0.3) is 0 Å². The van der Waals surface area contributed by atoms with Crippen molar-refractivity contribution in [2.45, 2.75) is 130 Å². The van der Waals surface area contributed by atoms with Crippen molar-refractivity contribution in [3.05, 3.63) is 12.2 Å². The smallest absolute Gasteiger partial charge is 0.311 e. The molecule has 2 N–H and O–H groups in total. The van der Waals surface area contributed by atoms with Crippen molar-refractivity contribution in [1.82, 2.24) is 0 Å². The maximum absolute atomic E-state index is 11.6. The summed E-state index contributed by atoms with van der Waals surface area (Å²) in [6, 6.07) is 0. The van der Waals surface area contributed by atoms with E-state index < -0.39 is 35.7 Å². The van der Waals surface area contributed by atoms with Crippen molar-refractivity contribution in [2.24, 2.45) is 17.8 Å². The van der Waals surface area contributed by atoms with E-state index in [1.807, 2.05) is 0 Å². The van der Waals surface area contributed by atoms with Gasteiger partial charge in [0.15, 0.2) is 0 Å². The van der Waals surface area contributed by atoms with Crippen molar-refractivity contribution < 1.29 is 34.2 Å². The molecule has 0 aliphatic carbocycles. The minimum absolute atomic E-state index is 0.171. The van der Waals surface area contributed by atoms with E-state index >= 15 is 0 Å². The molecule has 3 unspecified atom stereocenters. The number of allylic oxidation sites excluding steroid dienone is 2. The predicted molar refractivity (Wildman–Crippen MR) is 156 cm³/mol. The summed E-state index contributed by atoms with van der Waals surface area (Å²) in [5.41, 5.74) is 0. The van der Waals surface area contributed by atoms with Crippen molar-refractivity contribution >= 4 is 17.9 Å². The fourth-order valence-electron chi connectivity index (χ4n) is 5.52. The summed E-state index contributed by atoms with van der Waals surface area (Å²) >= 11 is 0. The highest BCUT2D eigenvalue weighted by atomic mass is 16.4. The van der Waals surface area contributed by atoms with Crippen LogP contribution < -0.4 is 5.11 Å². The lowest BCUT2D eigenvalue weighted by Gasteiger charge is -2.43. The van der Waals surface area contributed by atoms with E-state index in [1.54, 1.807) is 20.8 Å². The fourth-order valence-corrected chi connectivity index (χ4v) is 5.52. The van der Waals surface area contributed by atoms with Crippen LogP contribution in [0.15, 0.2) is 12.2 Å². The highest BCUT2D eigenvalue weighted by Gasteiger charge is 2.36. The molecule has 0 amide bonds. The first-order chi connectivity index (χ1) is 18.5. The number of hydrogen-bond acceptors (Lipinski definition) is 4. The van der Waals surface area contributed by atoms with Crippen LogP contribution >= 0.6 is 0 Å². The second-order valence-corrected chi connectivity index (χ2v) is 12.0. The van der Waals surface area contributed by atoms with Crippen LogP contribution in [-0.2, 0) is 14.4 Å². The molecule has 0 bridgehead atoms. The van der Waals surface area contributed by atoms with Crippen molar-refractivity contribution in [3.63, 3.8) is 0 Å². The van der Waals surface area contributed by atoms with Crippen LogP contribution in [0.1, 0.15) is 130 Å². The molecule has 0 rings (SSSR count). The van der Waals surface area contributed by atoms with Crippen molar-refractivity contribution in [1.29, 1.82) is 0 Å². The number of carbonyl (C=O) groups is 3. The first-order valence-electron chi connectivity index (χ1n) is 15.7. The van der Waals surface area contributed by atoms with E-state index in [9.17, 15) is 29.7 Å². The Hall–Kier alpha value is -1.89. The summed E-state index contributed by atoms with van der Waals surface area (Å²) in [5, 5.41) is 30.5. The maximum Gasteiger partial charge on any atom is 0.311 e. The molecule has 0 saturated heterocycles. The second kappa shape index (κ2) is 22.9. The van der Waals surface area contributed by atoms with Gasteiger partial charge in [-0.15, -0.1) is 0 Å². The molecule has 0 aromatic carbocycles. The molecule has 0 aromatic heterocycles. The zero-order valence-electron chi connectivity index (χ0n) is 25.5. The number of carboxylic acid groups (broad SMARTS) is 3. The lowest BCUT2D eigenvalue weighted by molar-refractivity contribution is -0.934. The Kier molecular flexibility index (Phi) is 21.8. The topological polar surface area (TPSA) is 115 Å². The standard InChI is InChI=1S/C32H59NO6/c1-5-6-7-8-9-10-11-12-13-14-15-16-17-18-19-20-21-22-23-33(24-27(2)30(34)35,25-28(3)31(36)37)26-29(4)32(38)39/h17-18,27-29H,5-16,19-26H2,1-4H3,(H2-,34,35,36,37,38,39)/b18-17+. The van der Waals surface area contributed by atoms with E-state index in [0.29, 0.717) is 6.54 Å². The van der Waals surface area contributed by atoms with Crippen molar-refractivity contribution in [3.8, 4) is 0 Å². The van der Waals surface area contributed by atoms with Crippen molar-refractivity contribution in [2.75, 3.05) is 26.2 Å². The van der Waals surface area contributed by atoms with Gasteiger partial charge in [-0.1, -0.05) is 90.2 Å². The van der Waals surface area contributed by atoms with Gasteiger partial charge in [-0.25, -0.2) is 0 Å². The molecular weight excluding hydrogens is 494 g/mol. The van der Waals surface area contributed by atoms with Gasteiger partial charge >= 0.3 is 11.9 Å². The number of carbonyl (C=O) groups excluding carboxylic acids is 1. The SMILES string of the molecule is CCCCCCCCCCCCC/C=C/CCCCC[N+](CC(C)C(=O)[O-])(CC(C)C(=O)O)CC(C)C(=O)O. The highest BCUT2D eigenvalue weighted by molar-refractivity contribution is 5.70. The van der Waals surface area contributed by atoms with Gasteiger partial charge in [0, 0.05) is 11.9 Å². The molecular formula is C32H59NO6. The van der Waals surface area contributed by atoms with Gasteiger partial charge in [-0.3, -0.25) is 9.59 Å². The zero-order chi connectivity index (χ0) is 29.5. The molecule has 0 spiro atoms. The van der Waals surface area contributed by atoms with E-state index in [0.717, 1.165) is 32.1 Å². The molecule has 0 radical (unpaired) electrons. The molecule has 39 heavy (non-hydrogen) atoms. The quantitative estimate of drug-likeness (QED) is 0.0686. The predicted octanol–water partition coefficient (Wildman–Crippen LogP) is 6.45. The summed E-state index contributed by atoms with van der Waals surface area (Å²) in [5.74, 6) is -5.28. The van der Waals surface area contributed by atoms with Crippen LogP contribution in [0.4, 0.5) is 0 Å². The number of carboxylic acids is 3.